The molecule has 12 heteroatoms. The molecule has 1 aromatic heterocycles. The lowest BCUT2D eigenvalue weighted by molar-refractivity contribution is -0.131. The number of aromatic amines is 1. The highest BCUT2D eigenvalue weighted by atomic mass is 16.2. The number of nitrogens with zero attached hydrogens (tertiary/aromatic N) is 5. The SMILES string of the molecule is CNC(=O)c1ccc2c(c1)Cc1cc(C(=O)NC)ccc1C2(C[C@H](C)NCC(=O)N1[C@H](C#N)C[C@@H]2C[C@@H]21)c1nn[nH]n1. The summed E-state index contributed by atoms with van der Waals surface area (Å²) in [5, 5.41) is 33.7. The third kappa shape index (κ3) is 4.50. The monoisotopic (exact) mass is 567 g/mol. The quantitative estimate of drug-likeness (QED) is 0.313. The molecule has 2 aliphatic carbocycles. The summed E-state index contributed by atoms with van der Waals surface area (Å²) in [6, 6.07) is 13.1. The molecule has 2 heterocycles. The number of piperidine rings is 1. The van der Waals surface area contributed by atoms with Crippen LogP contribution in [0.3, 0.4) is 0 Å². The van der Waals surface area contributed by atoms with Crippen LogP contribution in [0.5, 0.6) is 0 Å². The second-order valence-corrected chi connectivity index (χ2v) is 11.5. The number of amides is 3. The summed E-state index contributed by atoms with van der Waals surface area (Å²) in [5.41, 5.74) is 3.86. The van der Waals surface area contributed by atoms with E-state index in [4.69, 9.17) is 0 Å². The van der Waals surface area contributed by atoms with E-state index in [1.807, 2.05) is 31.2 Å². The Morgan fingerprint density at radius 3 is 2.26 bits per heavy atom. The molecule has 4 N–H and O–H groups in total. The smallest absolute Gasteiger partial charge is 0.251 e. The Labute approximate surface area is 243 Å². The Morgan fingerprint density at radius 2 is 1.71 bits per heavy atom. The van der Waals surface area contributed by atoms with Crippen molar-refractivity contribution in [2.45, 2.75) is 56.1 Å². The number of rotatable bonds is 8. The van der Waals surface area contributed by atoms with Crippen molar-refractivity contribution in [3.05, 3.63) is 75.6 Å². The van der Waals surface area contributed by atoms with Crippen LogP contribution in [0.15, 0.2) is 36.4 Å². The van der Waals surface area contributed by atoms with Gasteiger partial charge in [-0.2, -0.15) is 10.5 Å². The minimum Gasteiger partial charge on any atom is -0.355 e. The number of nitriles is 1. The topological polar surface area (TPSA) is 169 Å². The number of hydrogen-bond acceptors (Lipinski definition) is 8. The minimum absolute atomic E-state index is 0.0677. The molecule has 42 heavy (non-hydrogen) atoms. The van der Waals surface area contributed by atoms with E-state index in [1.165, 1.54) is 0 Å². The standard InChI is InChI=1S/C30H33N9O3/c1-16(34-15-26(40)39-22(14-31)11-21-12-25(21)39)13-30(29-35-37-38-36-29)23-6-4-17(27(41)32-2)8-19(23)10-20-9-18(28(42)33-3)5-7-24(20)30/h4-9,16,21-22,25,34H,10-13,15H2,1-3H3,(H,32,41)(H,33,42)(H,35,36,37,38)/t16-,21+,22-,25-/m0/s1. The predicted molar refractivity (Wildman–Crippen MR) is 151 cm³/mol. The molecule has 2 fully saturated rings. The van der Waals surface area contributed by atoms with E-state index < -0.39 is 5.41 Å². The summed E-state index contributed by atoms with van der Waals surface area (Å²) < 4.78 is 0. The first kappa shape index (κ1) is 27.5. The van der Waals surface area contributed by atoms with E-state index in [0.717, 1.165) is 35.1 Å². The Kier molecular flexibility index (Phi) is 6.98. The van der Waals surface area contributed by atoms with Gasteiger partial charge in [-0.25, -0.2) is 0 Å². The van der Waals surface area contributed by atoms with Crippen LogP contribution in [0, 0.1) is 17.2 Å². The summed E-state index contributed by atoms with van der Waals surface area (Å²) in [4.78, 5) is 40.1. The van der Waals surface area contributed by atoms with Crippen LogP contribution in [0.1, 0.15) is 75.0 Å². The summed E-state index contributed by atoms with van der Waals surface area (Å²) in [5.74, 6) is 0.442. The van der Waals surface area contributed by atoms with E-state index in [-0.39, 0.29) is 42.4 Å². The second-order valence-electron chi connectivity index (χ2n) is 11.5. The highest BCUT2D eigenvalue weighted by molar-refractivity contribution is 5.95. The van der Waals surface area contributed by atoms with E-state index in [0.29, 0.717) is 35.7 Å². The Morgan fingerprint density at radius 1 is 1.07 bits per heavy atom. The first-order valence-electron chi connectivity index (χ1n) is 14.2. The summed E-state index contributed by atoms with van der Waals surface area (Å²) in [7, 11) is 3.19. The fourth-order valence-electron chi connectivity index (χ4n) is 6.94. The predicted octanol–water partition coefficient (Wildman–Crippen LogP) is 1.04. The van der Waals surface area contributed by atoms with Crippen molar-refractivity contribution < 1.29 is 14.4 Å². The number of hydrogen-bond donors (Lipinski definition) is 4. The molecular weight excluding hydrogens is 534 g/mol. The van der Waals surface area contributed by atoms with Crippen molar-refractivity contribution in [1.29, 1.82) is 5.26 Å². The number of carbonyl (C=O) groups excluding carboxylic acids is 3. The molecule has 1 aliphatic heterocycles. The summed E-state index contributed by atoms with van der Waals surface area (Å²) in [6.07, 6.45) is 2.70. The highest BCUT2D eigenvalue weighted by Crippen LogP contribution is 2.49. The van der Waals surface area contributed by atoms with Crippen molar-refractivity contribution in [2.24, 2.45) is 5.92 Å². The van der Waals surface area contributed by atoms with Gasteiger partial charge in [-0.15, -0.1) is 10.2 Å². The molecule has 3 amide bonds. The Hall–Kier alpha value is -4.63. The molecule has 6 rings (SSSR count). The fraction of sp³-hybridized carbons (Fsp3) is 0.433. The molecule has 3 aromatic rings. The van der Waals surface area contributed by atoms with Crippen molar-refractivity contribution in [3.63, 3.8) is 0 Å². The number of tetrazole rings is 1. The largest absolute Gasteiger partial charge is 0.355 e. The van der Waals surface area contributed by atoms with Crippen molar-refractivity contribution in [1.82, 2.24) is 41.5 Å². The van der Waals surface area contributed by atoms with Crippen molar-refractivity contribution >= 4 is 17.7 Å². The first-order chi connectivity index (χ1) is 20.3. The lowest BCUT2D eigenvalue weighted by Crippen LogP contribution is -2.47. The first-order valence-corrected chi connectivity index (χ1v) is 14.2. The number of likely N-dealkylation sites (tertiary alicyclic amines) is 1. The second kappa shape index (κ2) is 10.6. The zero-order valence-corrected chi connectivity index (χ0v) is 23.8. The third-order valence-corrected chi connectivity index (χ3v) is 8.97. The molecule has 216 valence electrons. The van der Waals surface area contributed by atoms with Gasteiger partial charge in [0.05, 0.1) is 18.0 Å². The molecule has 0 spiro atoms. The lowest BCUT2D eigenvalue weighted by Gasteiger charge is -2.41. The fourth-order valence-corrected chi connectivity index (χ4v) is 6.94. The molecule has 2 aromatic carbocycles. The van der Waals surface area contributed by atoms with E-state index in [1.54, 1.807) is 31.1 Å². The zero-order valence-electron chi connectivity index (χ0n) is 23.8. The number of nitrogens with one attached hydrogen (secondary N) is 4. The molecule has 0 radical (unpaired) electrons. The van der Waals surface area contributed by atoms with Crippen molar-refractivity contribution in [2.75, 3.05) is 20.6 Å². The van der Waals surface area contributed by atoms with Gasteiger partial charge in [-0.3, -0.25) is 14.4 Å². The average molecular weight is 568 g/mol. The number of H-pyrrole nitrogens is 1. The highest BCUT2D eigenvalue weighted by Gasteiger charge is 2.54. The molecule has 0 bridgehead atoms. The van der Waals surface area contributed by atoms with Gasteiger partial charge < -0.3 is 20.9 Å². The number of aromatic nitrogens is 4. The van der Waals surface area contributed by atoms with Crippen molar-refractivity contribution in [3.8, 4) is 6.07 Å². The number of fused-ring (bicyclic) bond motifs is 3. The van der Waals surface area contributed by atoms with Gasteiger partial charge in [0, 0.05) is 37.3 Å². The molecular formula is C30H33N9O3. The van der Waals surface area contributed by atoms with Crippen LogP contribution >= 0.6 is 0 Å². The maximum absolute atomic E-state index is 13.2. The van der Waals surface area contributed by atoms with Gasteiger partial charge in [-0.1, -0.05) is 17.3 Å². The van der Waals surface area contributed by atoms with Gasteiger partial charge in [0.2, 0.25) is 5.91 Å². The van der Waals surface area contributed by atoms with Crippen LogP contribution < -0.4 is 16.0 Å². The van der Waals surface area contributed by atoms with E-state index in [2.05, 4.69) is 42.6 Å². The van der Waals surface area contributed by atoms with Gasteiger partial charge >= 0.3 is 0 Å². The zero-order chi connectivity index (χ0) is 29.6. The molecule has 1 saturated carbocycles. The molecule has 4 atom stereocenters. The van der Waals surface area contributed by atoms with Gasteiger partial charge in [-0.05, 0) is 85.0 Å². The minimum atomic E-state index is -0.891. The Balaban J connectivity index is 1.39. The number of benzene rings is 2. The molecule has 3 aliphatic rings. The molecule has 12 nitrogen and oxygen atoms in total. The van der Waals surface area contributed by atoms with E-state index in [9.17, 15) is 19.6 Å². The van der Waals surface area contributed by atoms with E-state index >= 15 is 0 Å². The maximum atomic E-state index is 13.2. The van der Waals surface area contributed by atoms with Crippen LogP contribution in [0.2, 0.25) is 0 Å². The normalized spacial score (nSPS) is 21.8. The van der Waals surface area contributed by atoms with Gasteiger partial charge in [0.1, 0.15) is 6.04 Å². The maximum Gasteiger partial charge on any atom is 0.251 e. The van der Waals surface area contributed by atoms with Crippen LogP contribution in [0.25, 0.3) is 0 Å². The summed E-state index contributed by atoms with van der Waals surface area (Å²) >= 11 is 0. The van der Waals surface area contributed by atoms with Crippen LogP contribution in [-0.4, -0.2) is 82.0 Å². The van der Waals surface area contributed by atoms with Crippen LogP contribution in [0.4, 0.5) is 0 Å². The molecule has 1 saturated heterocycles. The summed E-state index contributed by atoms with van der Waals surface area (Å²) in [6.45, 7) is 2.11. The Bertz CT molecular complexity index is 1530. The van der Waals surface area contributed by atoms with Gasteiger partial charge in [0.25, 0.3) is 11.8 Å². The van der Waals surface area contributed by atoms with Crippen LogP contribution in [-0.2, 0) is 16.6 Å². The average Bonchev–Trinajstić information content (AvgIpc) is 3.37. The third-order valence-electron chi connectivity index (χ3n) is 8.97. The number of carbonyl (C=O) groups is 3. The molecule has 0 unspecified atom stereocenters. The lowest BCUT2D eigenvalue weighted by atomic mass is 9.62. The van der Waals surface area contributed by atoms with Gasteiger partial charge in [0.15, 0.2) is 5.82 Å².